The van der Waals surface area contributed by atoms with Crippen LogP contribution in [0, 0.1) is 11.8 Å². The number of rotatable bonds is 2. The molecular formula is C13H23NO3. The second-order valence-corrected chi connectivity index (χ2v) is 5.50. The number of hydrogen-bond donors (Lipinski definition) is 1. The van der Waals surface area contributed by atoms with Crippen LogP contribution in [0.5, 0.6) is 0 Å². The Hall–Kier alpha value is -0.610. The summed E-state index contributed by atoms with van der Waals surface area (Å²) in [5.41, 5.74) is 0. The lowest BCUT2D eigenvalue weighted by molar-refractivity contribution is -0.153. The lowest BCUT2D eigenvalue weighted by atomic mass is 9.77. The van der Waals surface area contributed by atoms with E-state index >= 15 is 0 Å². The third-order valence-corrected chi connectivity index (χ3v) is 4.54. The van der Waals surface area contributed by atoms with E-state index in [9.17, 15) is 9.90 Å². The van der Waals surface area contributed by atoms with E-state index in [2.05, 4.69) is 18.7 Å². The summed E-state index contributed by atoms with van der Waals surface area (Å²) in [6.45, 7) is 6.32. The quantitative estimate of drug-likeness (QED) is 0.797. The van der Waals surface area contributed by atoms with Gasteiger partial charge in [0.2, 0.25) is 0 Å². The molecule has 4 nitrogen and oxygen atoms in total. The summed E-state index contributed by atoms with van der Waals surface area (Å²) in [7, 11) is 0. The molecule has 2 fully saturated rings. The minimum atomic E-state index is -0.741. The number of nitrogens with zero attached hydrogens (tertiary/aromatic N) is 1. The molecular weight excluding hydrogens is 218 g/mol. The van der Waals surface area contributed by atoms with Crippen molar-refractivity contribution in [2.75, 3.05) is 19.8 Å². The number of ether oxygens (including phenoxy) is 1. The van der Waals surface area contributed by atoms with Crippen LogP contribution in [-0.2, 0) is 9.53 Å². The Morgan fingerprint density at radius 3 is 2.82 bits per heavy atom. The molecule has 98 valence electrons. The first-order valence-corrected chi connectivity index (χ1v) is 6.67. The maximum Gasteiger partial charge on any atom is 0.323 e. The van der Waals surface area contributed by atoms with Gasteiger partial charge in [-0.05, 0) is 18.3 Å². The lowest BCUT2D eigenvalue weighted by Crippen LogP contribution is -2.57. The highest BCUT2D eigenvalue weighted by Gasteiger charge is 2.39. The highest BCUT2D eigenvalue weighted by Crippen LogP contribution is 2.34. The van der Waals surface area contributed by atoms with Crippen molar-refractivity contribution < 1.29 is 14.6 Å². The number of carboxylic acid groups (broad SMARTS) is 1. The van der Waals surface area contributed by atoms with Crippen LogP contribution in [0.1, 0.15) is 33.1 Å². The van der Waals surface area contributed by atoms with Gasteiger partial charge in [-0.1, -0.05) is 26.7 Å². The minimum absolute atomic E-state index is 0.340. The van der Waals surface area contributed by atoms with Crippen LogP contribution in [0.25, 0.3) is 0 Å². The van der Waals surface area contributed by atoms with Crippen molar-refractivity contribution in [1.82, 2.24) is 4.90 Å². The van der Waals surface area contributed by atoms with Crippen molar-refractivity contribution in [2.24, 2.45) is 11.8 Å². The van der Waals surface area contributed by atoms with Gasteiger partial charge >= 0.3 is 5.97 Å². The fraction of sp³-hybridized carbons (Fsp3) is 0.923. The van der Waals surface area contributed by atoms with Gasteiger partial charge < -0.3 is 9.84 Å². The van der Waals surface area contributed by atoms with Gasteiger partial charge in [0.15, 0.2) is 0 Å². The van der Waals surface area contributed by atoms with E-state index in [4.69, 9.17) is 4.74 Å². The molecule has 0 amide bonds. The van der Waals surface area contributed by atoms with Crippen LogP contribution in [0.3, 0.4) is 0 Å². The number of carbonyl (C=O) groups is 1. The Morgan fingerprint density at radius 1 is 1.35 bits per heavy atom. The molecule has 1 aliphatic heterocycles. The summed E-state index contributed by atoms with van der Waals surface area (Å²) in [5, 5.41) is 9.27. The van der Waals surface area contributed by atoms with E-state index in [1.807, 2.05) is 0 Å². The van der Waals surface area contributed by atoms with E-state index in [1.165, 1.54) is 12.8 Å². The fourth-order valence-electron chi connectivity index (χ4n) is 3.25. The van der Waals surface area contributed by atoms with Crippen LogP contribution in [0.15, 0.2) is 0 Å². The highest BCUT2D eigenvalue weighted by molar-refractivity contribution is 5.73. The second-order valence-electron chi connectivity index (χ2n) is 5.50. The smallest absolute Gasteiger partial charge is 0.323 e. The second kappa shape index (κ2) is 5.36. The summed E-state index contributed by atoms with van der Waals surface area (Å²) in [6.07, 6.45) is 3.63. The molecule has 4 unspecified atom stereocenters. The summed E-state index contributed by atoms with van der Waals surface area (Å²) >= 11 is 0. The van der Waals surface area contributed by atoms with E-state index in [1.54, 1.807) is 0 Å². The zero-order valence-electron chi connectivity index (χ0n) is 10.8. The molecule has 2 aliphatic rings. The van der Waals surface area contributed by atoms with E-state index < -0.39 is 12.0 Å². The van der Waals surface area contributed by atoms with Crippen molar-refractivity contribution in [1.29, 1.82) is 0 Å². The minimum Gasteiger partial charge on any atom is -0.480 e. The van der Waals surface area contributed by atoms with Crippen LogP contribution in [0.2, 0.25) is 0 Å². The maximum atomic E-state index is 11.3. The van der Waals surface area contributed by atoms with Gasteiger partial charge in [-0.2, -0.15) is 0 Å². The summed E-state index contributed by atoms with van der Waals surface area (Å²) in [6, 6.07) is -0.0229. The summed E-state index contributed by atoms with van der Waals surface area (Å²) in [4.78, 5) is 13.4. The Labute approximate surface area is 103 Å². The van der Waals surface area contributed by atoms with Crippen LogP contribution in [-0.4, -0.2) is 47.8 Å². The topological polar surface area (TPSA) is 49.8 Å². The van der Waals surface area contributed by atoms with Crippen LogP contribution >= 0.6 is 0 Å². The SMILES string of the molecule is CC1CCCC(N2CCOCC2C(=O)O)C1C. The average molecular weight is 241 g/mol. The Balaban J connectivity index is 2.09. The molecule has 1 saturated heterocycles. The van der Waals surface area contributed by atoms with Crippen molar-refractivity contribution in [3.05, 3.63) is 0 Å². The largest absolute Gasteiger partial charge is 0.480 e. The lowest BCUT2D eigenvalue weighted by Gasteiger charge is -2.45. The van der Waals surface area contributed by atoms with Crippen LogP contribution in [0.4, 0.5) is 0 Å². The van der Waals surface area contributed by atoms with Gasteiger partial charge in [0, 0.05) is 12.6 Å². The third kappa shape index (κ3) is 2.63. The van der Waals surface area contributed by atoms with Gasteiger partial charge in [-0.15, -0.1) is 0 Å². The van der Waals surface area contributed by atoms with E-state index in [-0.39, 0.29) is 0 Å². The molecule has 17 heavy (non-hydrogen) atoms. The molecule has 0 aromatic carbocycles. The van der Waals surface area contributed by atoms with Gasteiger partial charge in [-0.3, -0.25) is 9.69 Å². The molecule has 0 bridgehead atoms. The Kier molecular flexibility index (Phi) is 4.05. The van der Waals surface area contributed by atoms with Gasteiger partial charge in [0.1, 0.15) is 6.04 Å². The molecule has 0 aromatic heterocycles. The molecule has 4 heteroatoms. The molecule has 1 heterocycles. The number of hydrogen-bond acceptors (Lipinski definition) is 3. The van der Waals surface area contributed by atoms with Crippen molar-refractivity contribution in [3.63, 3.8) is 0 Å². The van der Waals surface area contributed by atoms with Gasteiger partial charge in [0.25, 0.3) is 0 Å². The predicted molar refractivity (Wildman–Crippen MR) is 64.9 cm³/mol. The first-order chi connectivity index (χ1) is 8.11. The normalized spacial score (nSPS) is 40.1. The predicted octanol–water partition coefficient (Wildman–Crippen LogP) is 1.60. The highest BCUT2D eigenvalue weighted by atomic mass is 16.5. The molecule has 2 rings (SSSR count). The summed E-state index contributed by atoms with van der Waals surface area (Å²) in [5.74, 6) is 0.546. The summed E-state index contributed by atoms with van der Waals surface area (Å²) < 4.78 is 5.30. The van der Waals surface area contributed by atoms with Crippen molar-refractivity contribution in [2.45, 2.75) is 45.2 Å². The maximum absolute atomic E-state index is 11.3. The van der Waals surface area contributed by atoms with E-state index in [0.29, 0.717) is 31.1 Å². The molecule has 1 aliphatic carbocycles. The molecule has 0 spiro atoms. The van der Waals surface area contributed by atoms with Crippen LogP contribution < -0.4 is 0 Å². The molecule has 1 N–H and O–H groups in total. The number of aliphatic carboxylic acids is 1. The van der Waals surface area contributed by atoms with E-state index in [0.717, 1.165) is 13.0 Å². The Bertz CT molecular complexity index is 282. The number of morpholine rings is 1. The first-order valence-electron chi connectivity index (χ1n) is 6.67. The molecule has 1 saturated carbocycles. The zero-order chi connectivity index (χ0) is 12.4. The molecule has 0 radical (unpaired) electrons. The Morgan fingerprint density at radius 2 is 2.12 bits per heavy atom. The fourth-order valence-corrected chi connectivity index (χ4v) is 3.25. The standard InChI is InChI=1S/C13H23NO3/c1-9-4-3-5-11(10(9)2)14-6-7-17-8-12(14)13(15)16/h9-12H,3-8H2,1-2H3,(H,15,16). The average Bonchev–Trinajstić information content (AvgIpc) is 2.33. The first kappa shape index (κ1) is 12.8. The molecule has 4 atom stereocenters. The molecule has 0 aromatic rings. The third-order valence-electron chi connectivity index (χ3n) is 4.54. The van der Waals surface area contributed by atoms with Gasteiger partial charge in [-0.25, -0.2) is 0 Å². The van der Waals surface area contributed by atoms with Crippen molar-refractivity contribution in [3.8, 4) is 0 Å². The monoisotopic (exact) mass is 241 g/mol. The zero-order valence-corrected chi connectivity index (χ0v) is 10.8. The van der Waals surface area contributed by atoms with Gasteiger partial charge in [0.05, 0.1) is 13.2 Å². The van der Waals surface area contributed by atoms with Crippen molar-refractivity contribution >= 4 is 5.97 Å². The number of carboxylic acids is 1.